The van der Waals surface area contributed by atoms with Crippen molar-refractivity contribution in [2.45, 2.75) is 12.5 Å². The fourth-order valence-electron chi connectivity index (χ4n) is 4.21. The lowest BCUT2D eigenvalue weighted by molar-refractivity contribution is -0.132. The second-order valence-electron chi connectivity index (χ2n) is 7.94. The number of piperazine rings is 1. The van der Waals surface area contributed by atoms with Crippen LogP contribution in [-0.2, 0) is 10.3 Å². The van der Waals surface area contributed by atoms with Crippen LogP contribution >= 0.6 is 0 Å². The number of rotatable bonds is 4. The van der Waals surface area contributed by atoms with E-state index < -0.39 is 5.54 Å². The van der Waals surface area contributed by atoms with Crippen LogP contribution in [0.4, 0.5) is 10.5 Å². The van der Waals surface area contributed by atoms with Crippen LogP contribution in [0.3, 0.4) is 0 Å². The average molecular weight is 408 g/mol. The Labute approximate surface area is 174 Å². The van der Waals surface area contributed by atoms with E-state index in [1.54, 1.807) is 25.1 Å². The van der Waals surface area contributed by atoms with Gasteiger partial charge in [0.1, 0.15) is 5.54 Å². The Morgan fingerprint density at radius 3 is 2.47 bits per heavy atom. The van der Waals surface area contributed by atoms with Crippen LogP contribution in [0, 0.1) is 0 Å². The van der Waals surface area contributed by atoms with Gasteiger partial charge in [-0.2, -0.15) is 0 Å². The average Bonchev–Trinajstić information content (AvgIpc) is 3.33. The molecule has 1 unspecified atom stereocenters. The van der Waals surface area contributed by atoms with Crippen LogP contribution in [0.25, 0.3) is 0 Å². The van der Waals surface area contributed by atoms with Crippen LogP contribution in [0.2, 0.25) is 0 Å². The predicted molar refractivity (Wildman–Crippen MR) is 110 cm³/mol. The molecule has 5 rings (SSSR count). The van der Waals surface area contributed by atoms with Crippen molar-refractivity contribution in [1.29, 1.82) is 0 Å². The van der Waals surface area contributed by atoms with Crippen LogP contribution in [0.5, 0.6) is 11.5 Å². The van der Waals surface area contributed by atoms with Crippen molar-refractivity contribution in [2.24, 2.45) is 0 Å². The lowest BCUT2D eigenvalue weighted by atomic mass is 9.92. The largest absolute Gasteiger partial charge is 0.454 e. The van der Waals surface area contributed by atoms with Crippen LogP contribution in [0.15, 0.2) is 48.5 Å². The summed E-state index contributed by atoms with van der Waals surface area (Å²) in [5.74, 6) is 0.982. The van der Waals surface area contributed by atoms with Gasteiger partial charge in [-0.15, -0.1) is 0 Å². The number of fused-ring (bicyclic) bond motifs is 1. The Morgan fingerprint density at radius 1 is 0.967 bits per heavy atom. The summed E-state index contributed by atoms with van der Waals surface area (Å²) in [6.07, 6.45) is 0. The van der Waals surface area contributed by atoms with E-state index in [4.69, 9.17) is 9.47 Å². The van der Waals surface area contributed by atoms with E-state index in [-0.39, 0.29) is 25.4 Å². The number of carbonyl (C=O) groups is 2. The highest BCUT2D eigenvalue weighted by Crippen LogP contribution is 2.37. The summed E-state index contributed by atoms with van der Waals surface area (Å²) in [5.41, 5.74) is 0.758. The molecule has 2 fully saturated rings. The molecule has 1 atom stereocenters. The van der Waals surface area contributed by atoms with Gasteiger partial charge >= 0.3 is 6.03 Å². The number of carbonyl (C=O) groups excluding carboxylic acids is 2. The number of amides is 3. The van der Waals surface area contributed by atoms with Crippen molar-refractivity contribution in [1.82, 2.24) is 15.1 Å². The standard InChI is InChI=1S/C22H24N4O4/c1-22(16-7-8-18-19(13-16)30-15-29-18)20(27)26(21(28)23-22)14-24-9-11-25(12-10-24)17-5-3-2-4-6-17/h2-8,13H,9-12,14-15H2,1H3,(H,23,28). The predicted octanol–water partition coefficient (Wildman–Crippen LogP) is 1.96. The van der Waals surface area contributed by atoms with Gasteiger partial charge < -0.3 is 19.7 Å². The Balaban J connectivity index is 1.26. The molecule has 2 saturated heterocycles. The van der Waals surface area contributed by atoms with Gasteiger partial charge in [0.25, 0.3) is 5.91 Å². The second kappa shape index (κ2) is 7.21. The number of hydrogen-bond acceptors (Lipinski definition) is 6. The van der Waals surface area contributed by atoms with Gasteiger partial charge in [-0.05, 0) is 36.8 Å². The van der Waals surface area contributed by atoms with Gasteiger partial charge in [0.15, 0.2) is 11.5 Å². The Kier molecular flexibility index (Phi) is 4.51. The number of para-hydroxylation sites is 1. The highest BCUT2D eigenvalue weighted by molar-refractivity contribution is 6.07. The van der Waals surface area contributed by atoms with E-state index in [0.717, 1.165) is 26.2 Å². The number of imide groups is 1. The number of urea groups is 1. The van der Waals surface area contributed by atoms with E-state index in [2.05, 4.69) is 27.2 Å². The summed E-state index contributed by atoms with van der Waals surface area (Å²) in [7, 11) is 0. The van der Waals surface area contributed by atoms with E-state index >= 15 is 0 Å². The topological polar surface area (TPSA) is 74.4 Å². The van der Waals surface area contributed by atoms with Crippen molar-refractivity contribution in [2.75, 3.05) is 44.5 Å². The normalized spacial score (nSPS) is 23.8. The van der Waals surface area contributed by atoms with Crippen molar-refractivity contribution >= 4 is 17.6 Å². The molecule has 1 N–H and O–H groups in total. The number of anilines is 1. The SMILES string of the molecule is CC1(c2ccc3c(c2)OCO3)NC(=O)N(CN2CCN(c3ccccc3)CC2)C1=O. The van der Waals surface area contributed by atoms with E-state index in [1.807, 2.05) is 18.2 Å². The first-order valence-electron chi connectivity index (χ1n) is 10.1. The first-order valence-corrected chi connectivity index (χ1v) is 10.1. The summed E-state index contributed by atoms with van der Waals surface area (Å²) in [6.45, 7) is 5.46. The van der Waals surface area contributed by atoms with Crippen LogP contribution in [-0.4, -0.2) is 61.4 Å². The molecular weight excluding hydrogens is 384 g/mol. The highest BCUT2D eigenvalue weighted by Gasteiger charge is 2.49. The summed E-state index contributed by atoms with van der Waals surface area (Å²) in [6, 6.07) is 15.2. The molecule has 0 aromatic heterocycles. The molecule has 3 aliphatic rings. The maximum Gasteiger partial charge on any atom is 0.326 e. The molecule has 0 bridgehead atoms. The zero-order valence-electron chi connectivity index (χ0n) is 16.8. The number of nitrogens with zero attached hydrogens (tertiary/aromatic N) is 3. The molecule has 0 aliphatic carbocycles. The molecule has 8 heteroatoms. The van der Waals surface area contributed by atoms with E-state index in [0.29, 0.717) is 17.1 Å². The van der Waals surface area contributed by atoms with Gasteiger partial charge in [-0.25, -0.2) is 9.69 Å². The summed E-state index contributed by atoms with van der Waals surface area (Å²) in [4.78, 5) is 31.7. The Morgan fingerprint density at radius 2 is 1.70 bits per heavy atom. The number of ether oxygens (including phenoxy) is 2. The quantitative estimate of drug-likeness (QED) is 0.780. The fourth-order valence-corrected chi connectivity index (χ4v) is 4.21. The number of nitrogens with one attached hydrogen (secondary N) is 1. The van der Waals surface area contributed by atoms with Gasteiger partial charge in [0, 0.05) is 31.9 Å². The molecule has 156 valence electrons. The lowest BCUT2D eigenvalue weighted by Crippen LogP contribution is -2.51. The minimum atomic E-state index is -1.12. The first-order chi connectivity index (χ1) is 14.5. The van der Waals surface area contributed by atoms with Crippen molar-refractivity contribution in [3.05, 3.63) is 54.1 Å². The van der Waals surface area contributed by atoms with Gasteiger partial charge in [0.2, 0.25) is 6.79 Å². The summed E-state index contributed by atoms with van der Waals surface area (Å²) >= 11 is 0. The van der Waals surface area contributed by atoms with Gasteiger partial charge in [-0.1, -0.05) is 24.3 Å². The van der Waals surface area contributed by atoms with Crippen LogP contribution in [0.1, 0.15) is 12.5 Å². The third-order valence-electron chi connectivity index (χ3n) is 6.06. The molecule has 0 spiro atoms. The number of hydrogen-bond donors (Lipinski definition) is 1. The molecule has 3 heterocycles. The molecule has 2 aromatic carbocycles. The molecule has 8 nitrogen and oxygen atoms in total. The van der Waals surface area contributed by atoms with Gasteiger partial charge in [-0.3, -0.25) is 9.69 Å². The third-order valence-corrected chi connectivity index (χ3v) is 6.06. The monoisotopic (exact) mass is 408 g/mol. The van der Waals surface area contributed by atoms with Crippen molar-refractivity contribution in [3.8, 4) is 11.5 Å². The number of benzene rings is 2. The van der Waals surface area contributed by atoms with Crippen LogP contribution < -0.4 is 19.7 Å². The first kappa shape index (κ1) is 18.7. The minimum Gasteiger partial charge on any atom is -0.454 e. The Bertz CT molecular complexity index is 974. The van der Waals surface area contributed by atoms with Gasteiger partial charge in [0.05, 0.1) is 6.67 Å². The van der Waals surface area contributed by atoms with E-state index in [9.17, 15) is 9.59 Å². The summed E-state index contributed by atoms with van der Waals surface area (Å²) in [5, 5.41) is 2.87. The maximum absolute atomic E-state index is 13.2. The molecular formula is C22H24N4O4. The molecule has 0 saturated carbocycles. The van der Waals surface area contributed by atoms with Crippen molar-refractivity contribution < 1.29 is 19.1 Å². The molecule has 3 aliphatic heterocycles. The lowest BCUT2D eigenvalue weighted by Gasteiger charge is -2.37. The second-order valence-corrected chi connectivity index (χ2v) is 7.94. The molecule has 30 heavy (non-hydrogen) atoms. The molecule has 0 radical (unpaired) electrons. The highest BCUT2D eigenvalue weighted by atomic mass is 16.7. The minimum absolute atomic E-state index is 0.164. The third kappa shape index (κ3) is 3.13. The maximum atomic E-state index is 13.2. The summed E-state index contributed by atoms with van der Waals surface area (Å²) < 4.78 is 10.8. The smallest absolute Gasteiger partial charge is 0.326 e. The zero-order chi connectivity index (χ0) is 20.7. The van der Waals surface area contributed by atoms with Crippen molar-refractivity contribution in [3.63, 3.8) is 0 Å². The zero-order valence-corrected chi connectivity index (χ0v) is 16.8. The van der Waals surface area contributed by atoms with E-state index in [1.165, 1.54) is 10.6 Å². The molecule has 3 amide bonds. The fraction of sp³-hybridized carbons (Fsp3) is 0.364. The molecule has 2 aromatic rings. The Hall–Kier alpha value is -3.26.